The van der Waals surface area contributed by atoms with Gasteiger partial charge < -0.3 is 5.11 Å². The Morgan fingerprint density at radius 3 is 3.18 bits per heavy atom. The highest BCUT2D eigenvalue weighted by molar-refractivity contribution is 5.45. The van der Waals surface area contributed by atoms with E-state index in [1.54, 1.807) is 6.07 Å². The summed E-state index contributed by atoms with van der Waals surface area (Å²) in [6.45, 7) is 0. The Morgan fingerprint density at radius 1 is 1.36 bits per heavy atom. The molecule has 3 rings (SSSR count). The van der Waals surface area contributed by atoms with Gasteiger partial charge >= 0.3 is 0 Å². The summed E-state index contributed by atoms with van der Waals surface area (Å²) >= 11 is 0. The zero-order valence-corrected chi connectivity index (χ0v) is 6.25. The van der Waals surface area contributed by atoms with Gasteiger partial charge in [0.15, 0.2) is 0 Å². The summed E-state index contributed by atoms with van der Waals surface area (Å²) in [5.74, 6) is 2.20. The van der Waals surface area contributed by atoms with Crippen molar-refractivity contribution in [2.24, 2.45) is 5.92 Å². The quantitative estimate of drug-likeness (QED) is 0.594. The maximum atomic E-state index is 9.20. The van der Waals surface area contributed by atoms with Gasteiger partial charge in [-0.25, -0.2) is 0 Å². The third kappa shape index (κ3) is 0.657. The van der Waals surface area contributed by atoms with Crippen molar-refractivity contribution in [2.45, 2.75) is 18.8 Å². The van der Waals surface area contributed by atoms with Gasteiger partial charge in [0.25, 0.3) is 0 Å². The Hall–Kier alpha value is -0.980. The van der Waals surface area contributed by atoms with E-state index in [9.17, 15) is 5.11 Å². The van der Waals surface area contributed by atoms with Crippen LogP contribution in [0.1, 0.15) is 23.5 Å². The highest BCUT2D eigenvalue weighted by Crippen LogP contribution is 2.56. The monoisotopic (exact) mass is 146 g/mol. The zero-order chi connectivity index (χ0) is 7.42. The first kappa shape index (κ1) is 5.64. The summed E-state index contributed by atoms with van der Waals surface area (Å²) < 4.78 is 0. The molecular formula is C10H10O. The SMILES string of the molecule is Oc1ccc2c(c1)CC1CC21. The predicted octanol–water partition coefficient (Wildman–Crippen LogP) is 2.05. The van der Waals surface area contributed by atoms with Gasteiger partial charge in [0, 0.05) is 0 Å². The van der Waals surface area contributed by atoms with Crippen LogP contribution in [0.15, 0.2) is 18.2 Å². The number of phenols is 1. The molecule has 2 atom stereocenters. The van der Waals surface area contributed by atoms with Crippen LogP contribution >= 0.6 is 0 Å². The molecule has 1 aromatic rings. The Balaban J connectivity index is 2.18. The lowest BCUT2D eigenvalue weighted by Crippen LogP contribution is -1.84. The molecule has 1 fully saturated rings. The molecule has 0 aromatic heterocycles. The summed E-state index contributed by atoms with van der Waals surface area (Å²) in [5.41, 5.74) is 2.87. The van der Waals surface area contributed by atoms with Gasteiger partial charge in [-0.05, 0) is 47.9 Å². The number of fused-ring (bicyclic) bond motifs is 3. The lowest BCUT2D eigenvalue weighted by atomic mass is 10.1. The van der Waals surface area contributed by atoms with Crippen LogP contribution in [0.2, 0.25) is 0 Å². The molecule has 0 bridgehead atoms. The van der Waals surface area contributed by atoms with Gasteiger partial charge in [-0.15, -0.1) is 0 Å². The van der Waals surface area contributed by atoms with Gasteiger partial charge in [-0.2, -0.15) is 0 Å². The molecular weight excluding hydrogens is 136 g/mol. The molecule has 56 valence electrons. The zero-order valence-electron chi connectivity index (χ0n) is 6.25. The van der Waals surface area contributed by atoms with Crippen molar-refractivity contribution in [2.75, 3.05) is 0 Å². The van der Waals surface area contributed by atoms with Crippen molar-refractivity contribution >= 4 is 0 Å². The van der Waals surface area contributed by atoms with E-state index in [0.29, 0.717) is 5.75 Å². The lowest BCUT2D eigenvalue weighted by Gasteiger charge is -2.01. The molecule has 1 nitrogen and oxygen atoms in total. The summed E-state index contributed by atoms with van der Waals surface area (Å²) in [6, 6.07) is 5.81. The fourth-order valence-corrected chi connectivity index (χ4v) is 2.27. The molecule has 2 unspecified atom stereocenters. The number of rotatable bonds is 0. The van der Waals surface area contributed by atoms with Gasteiger partial charge in [0.1, 0.15) is 5.75 Å². The molecule has 2 aliphatic rings. The smallest absolute Gasteiger partial charge is 0.115 e. The second-order valence-corrected chi connectivity index (χ2v) is 3.69. The average molecular weight is 146 g/mol. The molecule has 0 radical (unpaired) electrons. The Labute approximate surface area is 65.7 Å². The third-order valence-corrected chi connectivity index (χ3v) is 2.93. The molecule has 1 aromatic carbocycles. The van der Waals surface area contributed by atoms with Crippen LogP contribution in [-0.2, 0) is 6.42 Å². The van der Waals surface area contributed by atoms with Gasteiger partial charge in [0.2, 0.25) is 0 Å². The predicted molar refractivity (Wildman–Crippen MR) is 42.7 cm³/mol. The van der Waals surface area contributed by atoms with Crippen LogP contribution in [0.3, 0.4) is 0 Å². The minimum atomic E-state index is 0.421. The molecule has 1 N–H and O–H groups in total. The van der Waals surface area contributed by atoms with Crippen LogP contribution in [0.4, 0.5) is 0 Å². The summed E-state index contributed by atoms with van der Waals surface area (Å²) in [5, 5.41) is 9.20. The molecule has 1 saturated carbocycles. The molecule has 0 heterocycles. The van der Waals surface area contributed by atoms with Crippen LogP contribution in [0, 0.1) is 5.92 Å². The molecule has 0 aliphatic heterocycles. The largest absolute Gasteiger partial charge is 0.508 e. The Kier molecular flexibility index (Phi) is 0.823. The molecule has 1 heteroatoms. The van der Waals surface area contributed by atoms with Crippen molar-refractivity contribution in [1.29, 1.82) is 0 Å². The van der Waals surface area contributed by atoms with E-state index in [1.165, 1.54) is 24.0 Å². The normalized spacial score (nSPS) is 31.3. The second kappa shape index (κ2) is 1.60. The number of hydrogen-bond donors (Lipinski definition) is 1. The van der Waals surface area contributed by atoms with Crippen molar-refractivity contribution in [3.8, 4) is 5.75 Å². The van der Waals surface area contributed by atoms with Gasteiger partial charge in [-0.1, -0.05) is 6.07 Å². The maximum Gasteiger partial charge on any atom is 0.115 e. The van der Waals surface area contributed by atoms with Crippen molar-refractivity contribution < 1.29 is 5.11 Å². The van der Waals surface area contributed by atoms with Crippen LogP contribution in [0.25, 0.3) is 0 Å². The summed E-state index contributed by atoms with van der Waals surface area (Å²) in [7, 11) is 0. The van der Waals surface area contributed by atoms with E-state index in [4.69, 9.17) is 0 Å². The standard InChI is InChI=1S/C10H10O/c11-8-1-2-9-6(4-8)3-7-5-10(7)9/h1-2,4,7,10-11H,3,5H2. The number of hydrogen-bond acceptors (Lipinski definition) is 1. The van der Waals surface area contributed by atoms with E-state index >= 15 is 0 Å². The molecule has 0 amide bonds. The van der Waals surface area contributed by atoms with Crippen molar-refractivity contribution in [3.05, 3.63) is 29.3 Å². The topological polar surface area (TPSA) is 20.2 Å². The number of phenolic OH excluding ortho intramolecular Hbond substituents is 1. The lowest BCUT2D eigenvalue weighted by molar-refractivity contribution is 0.474. The van der Waals surface area contributed by atoms with Gasteiger partial charge in [-0.3, -0.25) is 0 Å². The van der Waals surface area contributed by atoms with E-state index < -0.39 is 0 Å². The summed E-state index contributed by atoms with van der Waals surface area (Å²) in [6.07, 6.45) is 2.59. The molecule has 0 spiro atoms. The van der Waals surface area contributed by atoms with Crippen molar-refractivity contribution in [3.63, 3.8) is 0 Å². The minimum Gasteiger partial charge on any atom is -0.508 e. The molecule has 11 heavy (non-hydrogen) atoms. The van der Waals surface area contributed by atoms with E-state index in [0.717, 1.165) is 11.8 Å². The van der Waals surface area contributed by atoms with E-state index in [-0.39, 0.29) is 0 Å². The van der Waals surface area contributed by atoms with Gasteiger partial charge in [0.05, 0.1) is 0 Å². The van der Waals surface area contributed by atoms with Crippen LogP contribution < -0.4 is 0 Å². The van der Waals surface area contributed by atoms with E-state index in [2.05, 4.69) is 6.07 Å². The second-order valence-electron chi connectivity index (χ2n) is 3.69. The molecule has 0 saturated heterocycles. The first-order valence-electron chi connectivity index (χ1n) is 4.16. The van der Waals surface area contributed by atoms with Crippen molar-refractivity contribution in [1.82, 2.24) is 0 Å². The third-order valence-electron chi connectivity index (χ3n) is 2.93. The fourth-order valence-electron chi connectivity index (χ4n) is 2.27. The maximum absolute atomic E-state index is 9.20. The summed E-state index contributed by atoms with van der Waals surface area (Å²) in [4.78, 5) is 0. The number of aromatic hydroxyl groups is 1. The highest BCUT2D eigenvalue weighted by Gasteiger charge is 2.44. The van der Waals surface area contributed by atoms with E-state index in [1.807, 2.05) is 6.07 Å². The number of benzene rings is 1. The first-order valence-corrected chi connectivity index (χ1v) is 4.16. The van der Waals surface area contributed by atoms with Crippen LogP contribution in [0.5, 0.6) is 5.75 Å². The Morgan fingerprint density at radius 2 is 2.27 bits per heavy atom. The fraction of sp³-hybridized carbons (Fsp3) is 0.400. The highest BCUT2D eigenvalue weighted by atomic mass is 16.3. The van der Waals surface area contributed by atoms with Crippen LogP contribution in [-0.4, -0.2) is 5.11 Å². The average Bonchev–Trinajstić information content (AvgIpc) is 2.63. The molecule has 2 aliphatic carbocycles. The Bertz CT molecular complexity index is 317. The minimum absolute atomic E-state index is 0.421. The first-order chi connectivity index (χ1) is 5.34.